The molecular weight excluding hydrogens is 238 g/mol. The third kappa shape index (κ3) is 1.89. The van der Waals surface area contributed by atoms with Crippen LogP contribution in [0.3, 0.4) is 0 Å². The highest BCUT2D eigenvalue weighted by molar-refractivity contribution is 6.35. The lowest BCUT2D eigenvalue weighted by Crippen LogP contribution is -2.20. The maximum Gasteiger partial charge on any atom is 0.258 e. The van der Waals surface area contributed by atoms with Gasteiger partial charge in [0.2, 0.25) is 0 Å². The molecule has 0 unspecified atom stereocenters. The monoisotopic (exact) mass is 251 g/mol. The summed E-state index contributed by atoms with van der Waals surface area (Å²) in [5.74, 6) is 0.172. The summed E-state index contributed by atoms with van der Waals surface area (Å²) in [7, 11) is 1.77. The SMILES string of the molecule is CN1C(=O)/C(=C/c2cccc(O)c2)c2ccccc21. The highest BCUT2D eigenvalue weighted by Crippen LogP contribution is 2.36. The van der Waals surface area contributed by atoms with Crippen molar-refractivity contribution in [1.82, 2.24) is 0 Å². The molecule has 0 spiro atoms. The number of phenols is 1. The molecule has 0 bridgehead atoms. The Morgan fingerprint density at radius 2 is 1.89 bits per heavy atom. The first-order valence-electron chi connectivity index (χ1n) is 6.05. The van der Waals surface area contributed by atoms with Gasteiger partial charge in [-0.2, -0.15) is 0 Å². The van der Waals surface area contributed by atoms with Gasteiger partial charge >= 0.3 is 0 Å². The van der Waals surface area contributed by atoms with Crippen LogP contribution in [0.5, 0.6) is 5.75 Å². The smallest absolute Gasteiger partial charge is 0.258 e. The van der Waals surface area contributed by atoms with Gasteiger partial charge in [-0.15, -0.1) is 0 Å². The molecule has 0 aliphatic carbocycles. The van der Waals surface area contributed by atoms with Gasteiger partial charge in [0.15, 0.2) is 0 Å². The molecule has 19 heavy (non-hydrogen) atoms. The van der Waals surface area contributed by atoms with E-state index in [1.165, 1.54) is 0 Å². The van der Waals surface area contributed by atoms with Crippen LogP contribution in [0.2, 0.25) is 0 Å². The zero-order valence-electron chi connectivity index (χ0n) is 10.5. The zero-order chi connectivity index (χ0) is 13.4. The first-order valence-corrected chi connectivity index (χ1v) is 6.05. The Kier molecular flexibility index (Phi) is 2.60. The second kappa shape index (κ2) is 4.28. The Balaban J connectivity index is 2.13. The molecule has 0 aromatic heterocycles. The molecule has 3 rings (SSSR count). The summed E-state index contributed by atoms with van der Waals surface area (Å²) < 4.78 is 0. The first kappa shape index (κ1) is 11.5. The van der Waals surface area contributed by atoms with E-state index >= 15 is 0 Å². The van der Waals surface area contributed by atoms with Crippen LogP contribution in [-0.4, -0.2) is 18.1 Å². The van der Waals surface area contributed by atoms with Crippen LogP contribution in [0, 0.1) is 0 Å². The average molecular weight is 251 g/mol. The fourth-order valence-corrected chi connectivity index (χ4v) is 2.32. The number of para-hydroxylation sites is 1. The van der Waals surface area contributed by atoms with E-state index < -0.39 is 0 Å². The van der Waals surface area contributed by atoms with E-state index in [1.54, 1.807) is 30.1 Å². The molecule has 2 aromatic carbocycles. The Morgan fingerprint density at radius 1 is 1.11 bits per heavy atom. The maximum absolute atomic E-state index is 12.2. The van der Waals surface area contributed by atoms with Crippen molar-refractivity contribution in [2.45, 2.75) is 0 Å². The van der Waals surface area contributed by atoms with Gasteiger partial charge in [0.05, 0.1) is 5.69 Å². The molecule has 1 N–H and O–H groups in total. The summed E-state index contributed by atoms with van der Waals surface area (Å²) in [6.45, 7) is 0. The summed E-state index contributed by atoms with van der Waals surface area (Å²) in [5.41, 5.74) is 3.31. The molecule has 94 valence electrons. The standard InChI is InChI=1S/C16H13NO2/c1-17-15-8-3-2-7-13(15)14(16(17)19)10-11-5-4-6-12(18)9-11/h2-10,18H,1H3/b14-10+. The molecule has 0 atom stereocenters. The molecule has 0 fully saturated rings. The van der Waals surface area contributed by atoms with Gasteiger partial charge in [-0.05, 0) is 29.8 Å². The summed E-state index contributed by atoms with van der Waals surface area (Å²) in [6.07, 6.45) is 1.81. The molecule has 3 heteroatoms. The molecule has 2 aromatic rings. The summed E-state index contributed by atoms with van der Waals surface area (Å²) in [6, 6.07) is 14.6. The minimum absolute atomic E-state index is 0.0236. The molecular formula is C16H13NO2. The number of carbonyl (C=O) groups excluding carboxylic acids is 1. The fraction of sp³-hybridized carbons (Fsp3) is 0.0625. The Labute approximate surface area is 111 Å². The zero-order valence-corrected chi connectivity index (χ0v) is 10.5. The normalized spacial score (nSPS) is 15.9. The van der Waals surface area contributed by atoms with Gasteiger partial charge in [0.1, 0.15) is 5.75 Å². The summed E-state index contributed by atoms with van der Waals surface area (Å²) in [4.78, 5) is 13.9. The topological polar surface area (TPSA) is 40.5 Å². The van der Waals surface area contributed by atoms with Crippen molar-refractivity contribution in [3.05, 3.63) is 59.7 Å². The van der Waals surface area contributed by atoms with Crippen LogP contribution < -0.4 is 4.90 Å². The van der Waals surface area contributed by atoms with Gasteiger partial charge in [-0.1, -0.05) is 30.3 Å². The van der Waals surface area contributed by atoms with Crippen molar-refractivity contribution in [3.63, 3.8) is 0 Å². The second-order valence-corrected chi connectivity index (χ2v) is 4.53. The highest BCUT2D eigenvalue weighted by Gasteiger charge is 2.28. The predicted octanol–water partition coefficient (Wildman–Crippen LogP) is 2.91. The molecule has 1 heterocycles. The van der Waals surface area contributed by atoms with Gasteiger partial charge in [-0.3, -0.25) is 4.79 Å². The number of benzene rings is 2. The summed E-state index contributed by atoms with van der Waals surface area (Å²) >= 11 is 0. The van der Waals surface area contributed by atoms with E-state index in [0.717, 1.165) is 16.8 Å². The third-order valence-electron chi connectivity index (χ3n) is 3.27. The quantitative estimate of drug-likeness (QED) is 0.792. The summed E-state index contributed by atoms with van der Waals surface area (Å²) in [5, 5.41) is 9.48. The number of nitrogens with zero attached hydrogens (tertiary/aromatic N) is 1. The minimum Gasteiger partial charge on any atom is -0.508 e. The second-order valence-electron chi connectivity index (χ2n) is 4.53. The molecule has 3 nitrogen and oxygen atoms in total. The van der Waals surface area contributed by atoms with Gasteiger partial charge in [0.25, 0.3) is 5.91 Å². The van der Waals surface area contributed by atoms with Gasteiger partial charge < -0.3 is 10.0 Å². The number of anilines is 1. The molecule has 0 saturated carbocycles. The van der Waals surface area contributed by atoms with Crippen LogP contribution in [0.25, 0.3) is 11.6 Å². The molecule has 1 amide bonds. The highest BCUT2D eigenvalue weighted by atomic mass is 16.3. The number of hydrogen-bond donors (Lipinski definition) is 1. The van der Waals surface area contributed by atoms with Crippen LogP contribution in [0.4, 0.5) is 5.69 Å². The molecule has 1 aliphatic rings. The van der Waals surface area contributed by atoms with Gasteiger partial charge in [0, 0.05) is 18.2 Å². The van der Waals surface area contributed by atoms with E-state index in [9.17, 15) is 9.90 Å². The lowest BCUT2D eigenvalue weighted by Gasteiger charge is -2.07. The Bertz CT molecular complexity index is 689. The van der Waals surface area contributed by atoms with Crippen LogP contribution >= 0.6 is 0 Å². The van der Waals surface area contributed by atoms with E-state index in [4.69, 9.17) is 0 Å². The van der Waals surface area contributed by atoms with Crippen molar-refractivity contribution < 1.29 is 9.90 Å². The number of aromatic hydroxyl groups is 1. The number of fused-ring (bicyclic) bond motifs is 1. The number of carbonyl (C=O) groups is 1. The number of phenolic OH excluding ortho intramolecular Hbond substituents is 1. The Morgan fingerprint density at radius 3 is 2.68 bits per heavy atom. The number of amides is 1. The minimum atomic E-state index is -0.0236. The van der Waals surface area contributed by atoms with Crippen molar-refractivity contribution >= 4 is 23.2 Å². The third-order valence-corrected chi connectivity index (χ3v) is 3.27. The van der Waals surface area contributed by atoms with E-state index in [-0.39, 0.29) is 11.7 Å². The largest absolute Gasteiger partial charge is 0.508 e. The fourth-order valence-electron chi connectivity index (χ4n) is 2.32. The van der Waals surface area contributed by atoms with Crippen LogP contribution in [0.1, 0.15) is 11.1 Å². The van der Waals surface area contributed by atoms with Crippen molar-refractivity contribution in [3.8, 4) is 5.75 Å². The average Bonchev–Trinajstić information content (AvgIpc) is 2.65. The molecule has 0 radical (unpaired) electrons. The lowest BCUT2D eigenvalue weighted by atomic mass is 10.0. The molecule has 1 aliphatic heterocycles. The Hall–Kier alpha value is -2.55. The number of rotatable bonds is 1. The van der Waals surface area contributed by atoms with Gasteiger partial charge in [-0.25, -0.2) is 0 Å². The van der Waals surface area contributed by atoms with Crippen molar-refractivity contribution in [2.24, 2.45) is 0 Å². The van der Waals surface area contributed by atoms with E-state index in [0.29, 0.717) is 5.57 Å². The van der Waals surface area contributed by atoms with E-state index in [1.807, 2.05) is 36.4 Å². The van der Waals surface area contributed by atoms with Crippen LogP contribution in [0.15, 0.2) is 48.5 Å². The van der Waals surface area contributed by atoms with E-state index in [2.05, 4.69) is 0 Å². The van der Waals surface area contributed by atoms with Crippen molar-refractivity contribution in [2.75, 3.05) is 11.9 Å². The molecule has 0 saturated heterocycles. The maximum atomic E-state index is 12.2. The van der Waals surface area contributed by atoms with Crippen molar-refractivity contribution in [1.29, 1.82) is 0 Å². The van der Waals surface area contributed by atoms with Crippen LogP contribution in [-0.2, 0) is 4.79 Å². The first-order chi connectivity index (χ1) is 9.16. The number of hydrogen-bond acceptors (Lipinski definition) is 2. The predicted molar refractivity (Wildman–Crippen MR) is 75.8 cm³/mol. The number of likely N-dealkylation sites (N-methyl/N-ethyl adjacent to an activating group) is 1. The lowest BCUT2D eigenvalue weighted by molar-refractivity contribution is -0.112.